The molecule has 5 heteroatoms. The fourth-order valence-electron chi connectivity index (χ4n) is 2.84. The lowest BCUT2D eigenvalue weighted by atomic mass is 10.1. The van der Waals surface area contributed by atoms with Crippen LogP contribution >= 0.6 is 11.3 Å². The molecule has 0 radical (unpaired) electrons. The Bertz CT molecular complexity index is 985. The molecule has 0 fully saturated rings. The van der Waals surface area contributed by atoms with E-state index in [4.69, 9.17) is 15.5 Å². The topological polar surface area (TPSA) is 57.4 Å². The number of rotatable bonds is 6. The monoisotopic (exact) mass is 362 g/mol. The Morgan fingerprint density at radius 3 is 2.54 bits per heavy atom. The van der Waals surface area contributed by atoms with Crippen molar-refractivity contribution in [2.24, 2.45) is 5.90 Å². The Balaban J connectivity index is 1.45. The number of fused-ring (bicyclic) bond motifs is 1. The molecule has 2 aromatic heterocycles. The SMILES string of the molecule is NOC(c1ccc(OCc2ccc3ccccc3n2)cc1)c1cccs1. The molecule has 0 aliphatic carbocycles. The van der Waals surface area contributed by atoms with Gasteiger partial charge in [-0.1, -0.05) is 42.5 Å². The van der Waals surface area contributed by atoms with Gasteiger partial charge < -0.3 is 4.74 Å². The molecule has 0 amide bonds. The number of aromatic nitrogens is 1. The largest absolute Gasteiger partial charge is 0.487 e. The summed E-state index contributed by atoms with van der Waals surface area (Å²) in [5, 5.41) is 3.14. The lowest BCUT2D eigenvalue weighted by Gasteiger charge is -2.14. The first-order valence-electron chi connectivity index (χ1n) is 8.30. The Morgan fingerprint density at radius 2 is 1.77 bits per heavy atom. The van der Waals surface area contributed by atoms with Crippen LogP contribution in [0.1, 0.15) is 22.2 Å². The highest BCUT2D eigenvalue weighted by Crippen LogP contribution is 2.29. The van der Waals surface area contributed by atoms with Gasteiger partial charge in [-0.3, -0.25) is 4.84 Å². The molecular weight excluding hydrogens is 344 g/mol. The Morgan fingerprint density at radius 1 is 0.923 bits per heavy atom. The molecule has 4 nitrogen and oxygen atoms in total. The Kier molecular flexibility index (Phi) is 4.93. The van der Waals surface area contributed by atoms with Crippen molar-refractivity contribution in [3.63, 3.8) is 0 Å². The summed E-state index contributed by atoms with van der Waals surface area (Å²) in [5.41, 5.74) is 2.86. The molecule has 26 heavy (non-hydrogen) atoms. The van der Waals surface area contributed by atoms with Crippen molar-refractivity contribution in [3.8, 4) is 5.75 Å². The van der Waals surface area contributed by atoms with Crippen LogP contribution in [0, 0.1) is 0 Å². The lowest BCUT2D eigenvalue weighted by molar-refractivity contribution is 0.0837. The number of para-hydroxylation sites is 1. The summed E-state index contributed by atoms with van der Waals surface area (Å²) >= 11 is 1.62. The van der Waals surface area contributed by atoms with Crippen molar-refractivity contribution in [2.75, 3.05) is 0 Å². The van der Waals surface area contributed by atoms with E-state index < -0.39 is 0 Å². The second-order valence-electron chi connectivity index (χ2n) is 5.88. The van der Waals surface area contributed by atoms with Crippen LogP contribution in [-0.2, 0) is 11.4 Å². The van der Waals surface area contributed by atoms with E-state index in [1.165, 1.54) is 0 Å². The van der Waals surface area contributed by atoms with Crippen molar-refractivity contribution in [1.82, 2.24) is 4.98 Å². The molecule has 4 rings (SSSR count). The minimum atomic E-state index is -0.258. The lowest BCUT2D eigenvalue weighted by Crippen LogP contribution is -2.09. The van der Waals surface area contributed by atoms with Crippen LogP contribution in [0.3, 0.4) is 0 Å². The zero-order chi connectivity index (χ0) is 17.8. The van der Waals surface area contributed by atoms with Gasteiger partial charge in [0.1, 0.15) is 18.5 Å². The van der Waals surface area contributed by atoms with Gasteiger partial charge in [-0.2, -0.15) is 0 Å². The zero-order valence-corrected chi connectivity index (χ0v) is 14.9. The number of thiophene rings is 1. The summed E-state index contributed by atoms with van der Waals surface area (Å²) in [6.07, 6.45) is -0.258. The minimum absolute atomic E-state index is 0.258. The molecule has 1 atom stereocenters. The average Bonchev–Trinajstić information content (AvgIpc) is 3.22. The molecule has 0 aliphatic rings. The van der Waals surface area contributed by atoms with Crippen LogP contribution in [0.25, 0.3) is 10.9 Å². The van der Waals surface area contributed by atoms with Crippen LogP contribution in [-0.4, -0.2) is 4.98 Å². The summed E-state index contributed by atoms with van der Waals surface area (Å²) in [5.74, 6) is 6.26. The second-order valence-corrected chi connectivity index (χ2v) is 6.86. The predicted molar refractivity (Wildman–Crippen MR) is 104 cm³/mol. The fourth-order valence-corrected chi connectivity index (χ4v) is 3.62. The van der Waals surface area contributed by atoms with Crippen LogP contribution in [0.4, 0.5) is 0 Å². The Labute approximate surface area is 155 Å². The highest BCUT2D eigenvalue weighted by atomic mass is 32.1. The van der Waals surface area contributed by atoms with Crippen LogP contribution in [0.5, 0.6) is 5.75 Å². The average molecular weight is 362 g/mol. The maximum Gasteiger partial charge on any atom is 0.138 e. The van der Waals surface area contributed by atoms with Crippen LogP contribution in [0.2, 0.25) is 0 Å². The van der Waals surface area contributed by atoms with Gasteiger partial charge in [0.05, 0.1) is 11.2 Å². The summed E-state index contributed by atoms with van der Waals surface area (Å²) in [6, 6.07) is 23.9. The van der Waals surface area contributed by atoms with Crippen molar-refractivity contribution >= 4 is 22.2 Å². The van der Waals surface area contributed by atoms with E-state index in [1.54, 1.807) is 11.3 Å². The van der Waals surface area contributed by atoms with Gasteiger partial charge in [-0.05, 0) is 41.3 Å². The third-order valence-electron chi connectivity index (χ3n) is 4.16. The first-order valence-corrected chi connectivity index (χ1v) is 9.18. The van der Waals surface area contributed by atoms with Crippen molar-refractivity contribution in [2.45, 2.75) is 12.7 Å². The first-order chi connectivity index (χ1) is 12.8. The third-order valence-corrected chi connectivity index (χ3v) is 5.08. The highest BCUT2D eigenvalue weighted by molar-refractivity contribution is 7.10. The highest BCUT2D eigenvalue weighted by Gasteiger charge is 2.15. The predicted octanol–water partition coefficient (Wildman–Crippen LogP) is 4.86. The van der Waals surface area contributed by atoms with Crippen molar-refractivity contribution < 1.29 is 9.57 Å². The minimum Gasteiger partial charge on any atom is -0.487 e. The summed E-state index contributed by atoms with van der Waals surface area (Å²) < 4.78 is 5.87. The molecule has 4 aromatic rings. The van der Waals surface area contributed by atoms with Gasteiger partial charge in [0, 0.05) is 10.3 Å². The van der Waals surface area contributed by atoms with E-state index in [9.17, 15) is 0 Å². The maximum absolute atomic E-state index is 5.87. The number of hydrogen-bond donors (Lipinski definition) is 1. The molecule has 0 aliphatic heterocycles. The quantitative estimate of drug-likeness (QED) is 0.498. The van der Waals surface area contributed by atoms with Crippen LogP contribution < -0.4 is 10.6 Å². The van der Waals surface area contributed by atoms with Gasteiger partial charge in [-0.25, -0.2) is 10.9 Å². The van der Waals surface area contributed by atoms with E-state index in [-0.39, 0.29) is 6.10 Å². The van der Waals surface area contributed by atoms with Crippen molar-refractivity contribution in [3.05, 3.63) is 94.3 Å². The van der Waals surface area contributed by atoms with E-state index in [2.05, 4.69) is 17.1 Å². The molecule has 0 bridgehead atoms. The summed E-state index contributed by atoms with van der Waals surface area (Å²) in [6.45, 7) is 0.423. The van der Waals surface area contributed by atoms with E-state index >= 15 is 0 Å². The second kappa shape index (κ2) is 7.66. The third kappa shape index (κ3) is 3.60. The maximum atomic E-state index is 5.87. The van der Waals surface area contributed by atoms with Crippen molar-refractivity contribution in [1.29, 1.82) is 0 Å². The fraction of sp³-hybridized carbons (Fsp3) is 0.0952. The van der Waals surface area contributed by atoms with Gasteiger partial charge in [0.2, 0.25) is 0 Å². The number of nitrogens with zero attached hydrogens (tertiary/aromatic N) is 1. The number of pyridine rings is 1. The molecule has 2 aromatic carbocycles. The Hall–Kier alpha value is -2.73. The molecule has 0 spiro atoms. The number of nitrogens with two attached hydrogens (primary N) is 1. The van der Waals surface area contributed by atoms with E-state index in [0.29, 0.717) is 6.61 Å². The molecule has 130 valence electrons. The molecule has 0 saturated heterocycles. The van der Waals surface area contributed by atoms with Gasteiger partial charge in [0.25, 0.3) is 0 Å². The molecule has 1 unspecified atom stereocenters. The number of benzene rings is 2. The molecule has 0 saturated carbocycles. The zero-order valence-electron chi connectivity index (χ0n) is 14.0. The standard InChI is InChI=1S/C21H18N2O2S/c22-25-21(20-6-3-13-26-20)16-8-11-18(12-9-16)24-14-17-10-7-15-4-1-2-5-19(15)23-17/h1-13,21H,14,22H2. The number of ether oxygens (including phenoxy) is 1. The van der Waals surface area contributed by atoms with E-state index in [1.807, 2.05) is 66.0 Å². The first kappa shape index (κ1) is 16.7. The molecule has 2 heterocycles. The molecule has 2 N–H and O–H groups in total. The van der Waals surface area contributed by atoms with Gasteiger partial charge in [-0.15, -0.1) is 11.3 Å². The smallest absolute Gasteiger partial charge is 0.138 e. The normalized spacial score (nSPS) is 12.2. The summed E-state index contributed by atoms with van der Waals surface area (Å²) in [7, 11) is 0. The van der Waals surface area contributed by atoms with Gasteiger partial charge >= 0.3 is 0 Å². The van der Waals surface area contributed by atoms with E-state index in [0.717, 1.165) is 32.8 Å². The summed E-state index contributed by atoms with van der Waals surface area (Å²) in [4.78, 5) is 10.8. The van der Waals surface area contributed by atoms with Gasteiger partial charge in [0.15, 0.2) is 0 Å². The molecular formula is C21H18N2O2S. The number of hydrogen-bond acceptors (Lipinski definition) is 5. The van der Waals surface area contributed by atoms with Crippen LogP contribution in [0.15, 0.2) is 78.2 Å².